The number of benzene rings is 1. The molecule has 0 aliphatic carbocycles. The highest BCUT2D eigenvalue weighted by atomic mass is 16.5. The van der Waals surface area contributed by atoms with Gasteiger partial charge in [0.2, 0.25) is 0 Å². The Balaban J connectivity index is 2.22. The molecule has 0 amide bonds. The van der Waals surface area contributed by atoms with Crippen molar-refractivity contribution in [2.45, 2.75) is 12.3 Å². The summed E-state index contributed by atoms with van der Waals surface area (Å²) in [6, 6.07) is 11.8. The van der Waals surface area contributed by atoms with Gasteiger partial charge in [0.05, 0.1) is 13.4 Å². The second-order valence-corrected chi connectivity index (χ2v) is 3.96. The van der Waals surface area contributed by atoms with Crippen LogP contribution in [0.2, 0.25) is 0 Å². The lowest BCUT2D eigenvalue weighted by Gasteiger charge is -2.17. The van der Waals surface area contributed by atoms with Gasteiger partial charge in [0.15, 0.2) is 0 Å². The van der Waals surface area contributed by atoms with Crippen molar-refractivity contribution < 1.29 is 9.15 Å². The number of rotatable bonds is 5. The van der Waals surface area contributed by atoms with Crippen LogP contribution in [-0.4, -0.2) is 13.7 Å². The number of para-hydroxylation sites is 1. The Bertz CT molecular complexity index is 451. The Morgan fingerprint density at radius 3 is 2.71 bits per heavy atom. The molecule has 1 aromatic carbocycles. The van der Waals surface area contributed by atoms with E-state index in [0.29, 0.717) is 6.54 Å². The molecular weight excluding hydrogens is 214 g/mol. The topological polar surface area (TPSA) is 48.4 Å². The molecule has 1 unspecified atom stereocenters. The summed E-state index contributed by atoms with van der Waals surface area (Å²) in [4.78, 5) is 0. The molecule has 0 spiro atoms. The van der Waals surface area contributed by atoms with Gasteiger partial charge in [0.1, 0.15) is 11.5 Å². The first kappa shape index (κ1) is 11.7. The Labute approximate surface area is 101 Å². The summed E-state index contributed by atoms with van der Waals surface area (Å²) in [6.45, 7) is 0.571. The second-order valence-electron chi connectivity index (χ2n) is 3.96. The summed E-state index contributed by atoms with van der Waals surface area (Å²) >= 11 is 0. The van der Waals surface area contributed by atoms with Crippen LogP contribution in [0.15, 0.2) is 47.1 Å². The molecule has 0 bridgehead atoms. The molecule has 0 aliphatic heterocycles. The summed E-state index contributed by atoms with van der Waals surface area (Å²) in [6.07, 6.45) is 2.48. The van der Waals surface area contributed by atoms with Crippen LogP contribution >= 0.6 is 0 Å². The molecule has 1 aromatic heterocycles. The first-order valence-corrected chi connectivity index (χ1v) is 5.70. The van der Waals surface area contributed by atoms with Crippen molar-refractivity contribution in [3.05, 3.63) is 54.0 Å². The molecule has 2 rings (SSSR count). The zero-order chi connectivity index (χ0) is 12.1. The van der Waals surface area contributed by atoms with Crippen LogP contribution in [0.1, 0.15) is 17.2 Å². The Kier molecular flexibility index (Phi) is 3.83. The molecule has 0 saturated heterocycles. The monoisotopic (exact) mass is 231 g/mol. The highest BCUT2D eigenvalue weighted by molar-refractivity contribution is 5.37. The third-order valence-corrected chi connectivity index (χ3v) is 2.89. The van der Waals surface area contributed by atoms with Crippen LogP contribution in [0, 0.1) is 0 Å². The van der Waals surface area contributed by atoms with E-state index in [1.165, 1.54) is 0 Å². The summed E-state index contributed by atoms with van der Waals surface area (Å²) in [5.41, 5.74) is 6.98. The number of hydrogen-bond acceptors (Lipinski definition) is 3. The molecule has 2 N–H and O–H groups in total. The normalized spacial score (nSPS) is 12.4. The average Bonchev–Trinajstić information content (AvgIpc) is 2.89. The fourth-order valence-corrected chi connectivity index (χ4v) is 2.00. The van der Waals surface area contributed by atoms with Gasteiger partial charge in [0, 0.05) is 12.3 Å². The molecule has 0 aliphatic rings. The van der Waals surface area contributed by atoms with E-state index in [0.717, 1.165) is 23.5 Å². The lowest BCUT2D eigenvalue weighted by atomic mass is 9.94. The predicted octanol–water partition coefficient (Wildman–Crippen LogP) is 2.57. The fourth-order valence-electron chi connectivity index (χ4n) is 2.00. The molecule has 2 aromatic rings. The quantitative estimate of drug-likeness (QED) is 0.860. The van der Waals surface area contributed by atoms with Gasteiger partial charge >= 0.3 is 0 Å². The highest BCUT2D eigenvalue weighted by Crippen LogP contribution is 2.28. The zero-order valence-electron chi connectivity index (χ0n) is 9.93. The smallest absolute Gasteiger partial charge is 0.122 e. The minimum absolute atomic E-state index is 0.220. The summed E-state index contributed by atoms with van der Waals surface area (Å²) in [7, 11) is 1.68. The molecule has 0 radical (unpaired) electrons. The number of methoxy groups -OCH3 is 1. The van der Waals surface area contributed by atoms with E-state index < -0.39 is 0 Å². The fraction of sp³-hybridized carbons (Fsp3) is 0.286. The summed E-state index contributed by atoms with van der Waals surface area (Å²) in [5.74, 6) is 2.05. The van der Waals surface area contributed by atoms with Crippen LogP contribution in [0.4, 0.5) is 0 Å². The zero-order valence-corrected chi connectivity index (χ0v) is 9.93. The van der Waals surface area contributed by atoms with Crippen molar-refractivity contribution in [3.63, 3.8) is 0 Å². The van der Waals surface area contributed by atoms with Crippen molar-refractivity contribution in [2.75, 3.05) is 13.7 Å². The van der Waals surface area contributed by atoms with Gasteiger partial charge in [-0.05, 0) is 30.3 Å². The van der Waals surface area contributed by atoms with Crippen molar-refractivity contribution >= 4 is 0 Å². The van der Waals surface area contributed by atoms with E-state index in [2.05, 4.69) is 6.07 Å². The molecular formula is C14H17NO2. The maximum absolute atomic E-state index is 5.85. The molecule has 17 heavy (non-hydrogen) atoms. The summed E-state index contributed by atoms with van der Waals surface area (Å²) < 4.78 is 10.7. The van der Waals surface area contributed by atoms with E-state index in [4.69, 9.17) is 14.9 Å². The van der Waals surface area contributed by atoms with E-state index in [1.54, 1.807) is 13.4 Å². The van der Waals surface area contributed by atoms with Crippen molar-refractivity contribution in [2.24, 2.45) is 5.73 Å². The first-order valence-electron chi connectivity index (χ1n) is 5.70. The Morgan fingerprint density at radius 1 is 1.24 bits per heavy atom. The lowest BCUT2D eigenvalue weighted by Crippen LogP contribution is -2.15. The second kappa shape index (κ2) is 5.55. The van der Waals surface area contributed by atoms with Gasteiger partial charge in [-0.15, -0.1) is 0 Å². The first-order chi connectivity index (χ1) is 8.35. The van der Waals surface area contributed by atoms with Crippen molar-refractivity contribution in [1.82, 2.24) is 0 Å². The number of nitrogens with two attached hydrogens (primary N) is 1. The van der Waals surface area contributed by atoms with Crippen LogP contribution in [0.3, 0.4) is 0 Å². The largest absolute Gasteiger partial charge is 0.496 e. The number of hydrogen-bond donors (Lipinski definition) is 1. The highest BCUT2D eigenvalue weighted by Gasteiger charge is 2.16. The molecule has 3 heteroatoms. The van der Waals surface area contributed by atoms with E-state index >= 15 is 0 Å². The van der Waals surface area contributed by atoms with E-state index in [-0.39, 0.29) is 5.92 Å². The van der Waals surface area contributed by atoms with Crippen LogP contribution in [-0.2, 0) is 6.42 Å². The Morgan fingerprint density at radius 2 is 2.06 bits per heavy atom. The predicted molar refractivity (Wildman–Crippen MR) is 67.2 cm³/mol. The molecule has 0 saturated carbocycles. The van der Waals surface area contributed by atoms with Gasteiger partial charge in [-0.3, -0.25) is 0 Å². The maximum atomic E-state index is 5.85. The van der Waals surface area contributed by atoms with Gasteiger partial charge in [0.25, 0.3) is 0 Å². The van der Waals surface area contributed by atoms with Crippen LogP contribution in [0.25, 0.3) is 0 Å². The molecule has 0 fully saturated rings. The molecule has 1 atom stereocenters. The van der Waals surface area contributed by atoms with Crippen molar-refractivity contribution in [3.8, 4) is 5.75 Å². The average molecular weight is 231 g/mol. The van der Waals surface area contributed by atoms with Crippen LogP contribution in [0.5, 0.6) is 5.75 Å². The van der Waals surface area contributed by atoms with Gasteiger partial charge in [-0.1, -0.05) is 18.2 Å². The number of ether oxygens (including phenoxy) is 1. The maximum Gasteiger partial charge on any atom is 0.122 e. The van der Waals surface area contributed by atoms with Gasteiger partial charge in [-0.2, -0.15) is 0 Å². The van der Waals surface area contributed by atoms with E-state index in [1.807, 2.05) is 30.3 Å². The molecule has 1 heterocycles. The SMILES string of the molecule is COc1ccccc1C(CN)Cc1ccco1. The molecule has 3 nitrogen and oxygen atoms in total. The standard InChI is InChI=1S/C14H17NO2/c1-16-14-7-3-2-6-13(14)11(10-15)9-12-5-4-8-17-12/h2-8,11H,9-10,15H2,1H3. The number of furan rings is 1. The Hall–Kier alpha value is -1.74. The van der Waals surface area contributed by atoms with Crippen LogP contribution < -0.4 is 10.5 Å². The van der Waals surface area contributed by atoms with Gasteiger partial charge < -0.3 is 14.9 Å². The summed E-state index contributed by atoms with van der Waals surface area (Å²) in [5, 5.41) is 0. The van der Waals surface area contributed by atoms with Gasteiger partial charge in [-0.25, -0.2) is 0 Å². The minimum atomic E-state index is 0.220. The molecule has 90 valence electrons. The third kappa shape index (κ3) is 2.68. The minimum Gasteiger partial charge on any atom is -0.496 e. The van der Waals surface area contributed by atoms with E-state index in [9.17, 15) is 0 Å². The third-order valence-electron chi connectivity index (χ3n) is 2.89. The lowest BCUT2D eigenvalue weighted by molar-refractivity contribution is 0.402. The van der Waals surface area contributed by atoms with Crippen molar-refractivity contribution in [1.29, 1.82) is 0 Å².